The Morgan fingerprint density at radius 1 is 1.11 bits per heavy atom. The number of aliphatic carboxylic acids is 1. The van der Waals surface area contributed by atoms with Crippen molar-refractivity contribution in [2.75, 3.05) is 19.8 Å². The number of carbonyl (C=O) groups is 1. The lowest BCUT2D eigenvalue weighted by molar-refractivity contribution is -0.132. The van der Waals surface area contributed by atoms with E-state index in [1.54, 1.807) is 0 Å². The van der Waals surface area contributed by atoms with E-state index in [-0.39, 0.29) is 5.57 Å². The molecule has 98 valence electrons. The third kappa shape index (κ3) is 6.18. The second-order valence-electron chi connectivity index (χ2n) is 3.81. The summed E-state index contributed by atoms with van der Waals surface area (Å²) in [5.41, 5.74) is 1.29. The zero-order valence-corrected chi connectivity index (χ0v) is 10.3. The summed E-state index contributed by atoms with van der Waals surface area (Å²) in [5.74, 6) is -0.973. The lowest BCUT2D eigenvalue weighted by Crippen LogP contribution is -2.08. The Kier molecular flexibility index (Phi) is 6.76. The molecule has 4 heteroatoms. The van der Waals surface area contributed by atoms with E-state index in [4.69, 9.17) is 14.6 Å². The molecular weight excluding hydrogens is 232 g/mol. The predicted octanol–water partition coefficient (Wildman–Crippen LogP) is 2.25. The molecule has 0 amide bonds. The third-order valence-corrected chi connectivity index (χ3v) is 2.33. The van der Waals surface area contributed by atoms with Crippen LogP contribution in [0.2, 0.25) is 0 Å². The molecule has 0 aliphatic rings. The molecule has 0 aliphatic carbocycles. The molecule has 1 rings (SSSR count). The van der Waals surface area contributed by atoms with Gasteiger partial charge in [-0.15, -0.1) is 0 Å². The third-order valence-electron chi connectivity index (χ3n) is 2.33. The van der Waals surface area contributed by atoms with Crippen LogP contribution in [0.4, 0.5) is 0 Å². The first-order chi connectivity index (χ1) is 8.70. The van der Waals surface area contributed by atoms with E-state index in [1.165, 1.54) is 0 Å². The molecule has 0 bridgehead atoms. The highest BCUT2D eigenvalue weighted by molar-refractivity contribution is 5.85. The highest BCUT2D eigenvalue weighted by Crippen LogP contribution is 2.01. The van der Waals surface area contributed by atoms with Crippen LogP contribution >= 0.6 is 0 Å². The van der Waals surface area contributed by atoms with Gasteiger partial charge >= 0.3 is 5.97 Å². The number of carboxylic acids is 1. The van der Waals surface area contributed by atoms with Crippen LogP contribution in [0.5, 0.6) is 0 Å². The van der Waals surface area contributed by atoms with E-state index in [9.17, 15) is 4.79 Å². The average molecular weight is 250 g/mol. The van der Waals surface area contributed by atoms with Crippen molar-refractivity contribution in [3.05, 3.63) is 48.0 Å². The Bertz CT molecular complexity index is 373. The van der Waals surface area contributed by atoms with Crippen molar-refractivity contribution in [3.63, 3.8) is 0 Å². The van der Waals surface area contributed by atoms with Gasteiger partial charge in [-0.2, -0.15) is 0 Å². The van der Waals surface area contributed by atoms with Gasteiger partial charge in [0.25, 0.3) is 0 Å². The van der Waals surface area contributed by atoms with Crippen LogP contribution in [-0.2, 0) is 20.9 Å². The number of hydrogen-bond acceptors (Lipinski definition) is 3. The van der Waals surface area contributed by atoms with Gasteiger partial charge in [0.05, 0.1) is 26.4 Å². The first kappa shape index (κ1) is 14.4. The van der Waals surface area contributed by atoms with Gasteiger partial charge in [0.1, 0.15) is 0 Å². The summed E-state index contributed by atoms with van der Waals surface area (Å²) in [7, 11) is 0. The zero-order chi connectivity index (χ0) is 13.2. The van der Waals surface area contributed by atoms with Crippen molar-refractivity contribution >= 4 is 5.97 Å². The van der Waals surface area contributed by atoms with Crippen LogP contribution in [0.1, 0.15) is 12.0 Å². The molecule has 0 fully saturated rings. The maximum Gasteiger partial charge on any atom is 0.331 e. The van der Waals surface area contributed by atoms with Crippen molar-refractivity contribution in [1.82, 2.24) is 0 Å². The van der Waals surface area contributed by atoms with Gasteiger partial charge in [-0.3, -0.25) is 0 Å². The Morgan fingerprint density at radius 2 is 1.78 bits per heavy atom. The minimum absolute atomic E-state index is 0.167. The summed E-state index contributed by atoms with van der Waals surface area (Å²) in [6, 6.07) is 9.89. The molecule has 0 spiro atoms. The van der Waals surface area contributed by atoms with E-state index >= 15 is 0 Å². The van der Waals surface area contributed by atoms with E-state index in [0.717, 1.165) is 5.56 Å². The van der Waals surface area contributed by atoms with E-state index < -0.39 is 5.97 Å². The molecule has 0 radical (unpaired) electrons. The van der Waals surface area contributed by atoms with E-state index in [1.807, 2.05) is 30.3 Å². The summed E-state index contributed by atoms with van der Waals surface area (Å²) in [6.45, 7) is 5.29. The quantitative estimate of drug-likeness (QED) is 0.539. The number of ether oxygens (including phenoxy) is 2. The van der Waals surface area contributed by atoms with Crippen molar-refractivity contribution in [2.45, 2.75) is 13.0 Å². The summed E-state index contributed by atoms with van der Waals surface area (Å²) < 4.78 is 10.7. The summed E-state index contributed by atoms with van der Waals surface area (Å²) in [6.07, 6.45) is 0.341. The second-order valence-corrected chi connectivity index (χ2v) is 3.81. The molecule has 0 saturated carbocycles. The van der Waals surface area contributed by atoms with Crippen LogP contribution in [0, 0.1) is 0 Å². The molecule has 1 aromatic carbocycles. The van der Waals surface area contributed by atoms with Gasteiger partial charge in [0, 0.05) is 12.0 Å². The molecule has 1 N–H and O–H groups in total. The summed E-state index contributed by atoms with van der Waals surface area (Å²) in [4.78, 5) is 10.4. The number of rotatable bonds is 9. The van der Waals surface area contributed by atoms with Crippen molar-refractivity contribution < 1.29 is 19.4 Å². The lowest BCUT2D eigenvalue weighted by Gasteiger charge is -2.06. The monoisotopic (exact) mass is 250 g/mol. The molecule has 0 saturated heterocycles. The maximum atomic E-state index is 10.4. The first-order valence-electron chi connectivity index (χ1n) is 5.80. The smallest absolute Gasteiger partial charge is 0.331 e. The fourth-order valence-electron chi connectivity index (χ4n) is 1.29. The minimum atomic E-state index is -0.973. The number of carboxylic acid groups (broad SMARTS) is 1. The van der Waals surface area contributed by atoms with Crippen molar-refractivity contribution in [1.29, 1.82) is 0 Å². The molecule has 0 atom stereocenters. The van der Waals surface area contributed by atoms with Crippen molar-refractivity contribution in [3.8, 4) is 0 Å². The second kappa shape index (κ2) is 8.44. The highest BCUT2D eigenvalue weighted by Gasteiger charge is 2.02. The highest BCUT2D eigenvalue weighted by atomic mass is 16.5. The summed E-state index contributed by atoms with van der Waals surface area (Å²) in [5, 5.41) is 8.57. The van der Waals surface area contributed by atoms with Gasteiger partial charge < -0.3 is 14.6 Å². The van der Waals surface area contributed by atoms with Crippen LogP contribution in [-0.4, -0.2) is 30.9 Å². The lowest BCUT2D eigenvalue weighted by atomic mass is 10.2. The first-order valence-corrected chi connectivity index (χ1v) is 5.80. The number of hydrogen-bond donors (Lipinski definition) is 1. The van der Waals surface area contributed by atoms with Crippen LogP contribution in [0.3, 0.4) is 0 Å². The van der Waals surface area contributed by atoms with Crippen LogP contribution < -0.4 is 0 Å². The van der Waals surface area contributed by atoms with Gasteiger partial charge in [-0.05, 0) is 5.56 Å². The Morgan fingerprint density at radius 3 is 2.44 bits per heavy atom. The molecule has 4 nitrogen and oxygen atoms in total. The number of benzene rings is 1. The van der Waals surface area contributed by atoms with Gasteiger partial charge in [-0.1, -0.05) is 36.9 Å². The Balaban J connectivity index is 1.96. The molecule has 1 aromatic rings. The largest absolute Gasteiger partial charge is 0.478 e. The fourth-order valence-corrected chi connectivity index (χ4v) is 1.29. The van der Waals surface area contributed by atoms with E-state index in [2.05, 4.69) is 6.58 Å². The maximum absolute atomic E-state index is 10.4. The molecule has 0 heterocycles. The molecule has 18 heavy (non-hydrogen) atoms. The normalized spacial score (nSPS) is 10.2. The van der Waals surface area contributed by atoms with Gasteiger partial charge in [0.15, 0.2) is 0 Å². The predicted molar refractivity (Wildman–Crippen MR) is 68.3 cm³/mol. The fraction of sp³-hybridized carbons (Fsp3) is 0.357. The van der Waals surface area contributed by atoms with Crippen molar-refractivity contribution in [2.24, 2.45) is 0 Å². The SMILES string of the molecule is C=C(CCOCCOCc1ccccc1)C(=O)O. The van der Waals surface area contributed by atoms with Gasteiger partial charge in [-0.25, -0.2) is 4.79 Å². The standard InChI is InChI=1S/C14H18O4/c1-12(14(15)16)7-8-17-9-10-18-11-13-5-3-2-4-6-13/h2-6H,1,7-11H2,(H,15,16). The molecular formula is C14H18O4. The van der Waals surface area contributed by atoms with Gasteiger partial charge in [0.2, 0.25) is 0 Å². The zero-order valence-electron chi connectivity index (χ0n) is 10.3. The Hall–Kier alpha value is -1.65. The topological polar surface area (TPSA) is 55.8 Å². The minimum Gasteiger partial charge on any atom is -0.478 e. The molecule has 0 aliphatic heterocycles. The van der Waals surface area contributed by atoms with Crippen LogP contribution in [0.15, 0.2) is 42.5 Å². The molecule has 0 unspecified atom stereocenters. The Labute approximate surface area is 107 Å². The van der Waals surface area contributed by atoms with E-state index in [0.29, 0.717) is 32.8 Å². The summed E-state index contributed by atoms with van der Waals surface area (Å²) >= 11 is 0. The van der Waals surface area contributed by atoms with Crippen LogP contribution in [0.25, 0.3) is 0 Å². The average Bonchev–Trinajstić information content (AvgIpc) is 2.38. The molecule has 0 aromatic heterocycles.